The molecule has 0 unspecified atom stereocenters. The molecule has 1 fully saturated rings. The highest BCUT2D eigenvalue weighted by Gasteiger charge is 2.16. The summed E-state index contributed by atoms with van der Waals surface area (Å²) in [6.45, 7) is -0.0407. The van der Waals surface area contributed by atoms with Gasteiger partial charge in [0.15, 0.2) is 4.34 Å². The van der Waals surface area contributed by atoms with Crippen molar-refractivity contribution in [3.8, 4) is 0 Å². The number of thioether (sulfide) groups is 1. The van der Waals surface area contributed by atoms with E-state index in [4.69, 9.17) is 9.15 Å². The predicted molar refractivity (Wildman–Crippen MR) is 101 cm³/mol. The van der Waals surface area contributed by atoms with E-state index in [1.807, 2.05) is 0 Å². The Kier molecular flexibility index (Phi) is 7.11. The van der Waals surface area contributed by atoms with Crippen molar-refractivity contribution >= 4 is 40.2 Å². The largest absolute Gasteiger partial charge is 0.463 e. The maximum Gasteiger partial charge on any atom is 0.373 e. The zero-order valence-corrected chi connectivity index (χ0v) is 16.6. The van der Waals surface area contributed by atoms with Crippen molar-refractivity contribution in [3.63, 3.8) is 0 Å². The maximum atomic E-state index is 11.9. The Morgan fingerprint density at radius 2 is 2.11 bits per heavy atom. The first-order chi connectivity index (χ1) is 13.1. The number of carbonyl (C=O) groups excluding carboxylic acids is 2. The van der Waals surface area contributed by atoms with Gasteiger partial charge < -0.3 is 19.2 Å². The third-order valence-corrected chi connectivity index (χ3v) is 6.04. The van der Waals surface area contributed by atoms with Crippen LogP contribution >= 0.6 is 23.1 Å². The van der Waals surface area contributed by atoms with Crippen molar-refractivity contribution in [2.24, 2.45) is 0 Å². The van der Waals surface area contributed by atoms with E-state index in [1.165, 1.54) is 68.4 Å². The molecule has 0 radical (unpaired) electrons. The second-order valence-corrected chi connectivity index (χ2v) is 8.26. The number of rotatable bonds is 8. The van der Waals surface area contributed by atoms with Gasteiger partial charge in [-0.3, -0.25) is 4.79 Å². The summed E-state index contributed by atoms with van der Waals surface area (Å²) in [5.41, 5.74) is 0. The summed E-state index contributed by atoms with van der Waals surface area (Å²) in [5, 5.41) is 12.4. The summed E-state index contributed by atoms with van der Waals surface area (Å²) in [7, 11) is 1.27. The first-order valence-electron chi connectivity index (χ1n) is 8.69. The van der Waals surface area contributed by atoms with Gasteiger partial charge in [0.05, 0.1) is 12.9 Å². The summed E-state index contributed by atoms with van der Waals surface area (Å²) in [5.74, 6) is -0.388. The van der Waals surface area contributed by atoms with Crippen LogP contribution in [0.15, 0.2) is 20.9 Å². The van der Waals surface area contributed by atoms with Gasteiger partial charge in [0, 0.05) is 6.04 Å². The lowest BCUT2D eigenvalue weighted by Crippen LogP contribution is -2.21. The van der Waals surface area contributed by atoms with E-state index in [9.17, 15) is 9.59 Å². The number of methoxy groups -OCH3 is 1. The third-order valence-electron chi connectivity index (χ3n) is 4.08. The number of furan rings is 1. The van der Waals surface area contributed by atoms with Gasteiger partial charge in [0.25, 0.3) is 0 Å². The van der Waals surface area contributed by atoms with Gasteiger partial charge in [0.1, 0.15) is 12.4 Å². The van der Waals surface area contributed by atoms with E-state index in [2.05, 4.69) is 20.3 Å². The zero-order chi connectivity index (χ0) is 19.1. The Morgan fingerprint density at radius 3 is 2.89 bits per heavy atom. The standard InChI is InChI=1S/C17H21N3O5S2/c1-23-15(22)13-8-7-12(25-13)9-24-14(21)10-26-17-20-19-16(27-17)18-11-5-3-2-4-6-11/h7-8,11H,2-6,9-10H2,1H3,(H,18,19). The lowest BCUT2D eigenvalue weighted by Gasteiger charge is -2.21. The Hall–Kier alpha value is -2.07. The van der Waals surface area contributed by atoms with Crippen molar-refractivity contribution in [2.75, 3.05) is 18.2 Å². The van der Waals surface area contributed by atoms with E-state index in [-0.39, 0.29) is 18.1 Å². The number of ether oxygens (including phenoxy) is 2. The first kappa shape index (κ1) is 19.7. The molecule has 2 aromatic rings. The fourth-order valence-electron chi connectivity index (χ4n) is 2.73. The highest BCUT2D eigenvalue weighted by molar-refractivity contribution is 8.01. The highest BCUT2D eigenvalue weighted by atomic mass is 32.2. The number of nitrogens with one attached hydrogen (secondary N) is 1. The van der Waals surface area contributed by atoms with Crippen LogP contribution in [0.2, 0.25) is 0 Å². The Bertz CT molecular complexity index is 770. The normalized spacial score (nSPS) is 14.7. The van der Waals surface area contributed by atoms with E-state index >= 15 is 0 Å². The zero-order valence-electron chi connectivity index (χ0n) is 14.9. The van der Waals surface area contributed by atoms with E-state index in [1.54, 1.807) is 6.07 Å². The molecule has 0 aliphatic heterocycles. The maximum absolute atomic E-state index is 11.9. The molecule has 0 amide bonds. The minimum absolute atomic E-state index is 0.0407. The molecule has 0 aromatic carbocycles. The number of hydrogen-bond donors (Lipinski definition) is 1. The number of hydrogen-bond acceptors (Lipinski definition) is 10. The third kappa shape index (κ3) is 5.96. The SMILES string of the molecule is COC(=O)c1ccc(COC(=O)CSc2nnc(NC3CCCCC3)s2)o1. The summed E-state index contributed by atoms with van der Waals surface area (Å²) < 4.78 is 15.6. The lowest BCUT2D eigenvalue weighted by molar-refractivity contribution is -0.142. The minimum atomic E-state index is -0.572. The summed E-state index contributed by atoms with van der Waals surface area (Å²) in [6, 6.07) is 3.52. The van der Waals surface area contributed by atoms with Crippen molar-refractivity contribution in [1.29, 1.82) is 0 Å². The molecule has 0 saturated heterocycles. The highest BCUT2D eigenvalue weighted by Crippen LogP contribution is 2.28. The van der Waals surface area contributed by atoms with Crippen molar-refractivity contribution < 1.29 is 23.5 Å². The van der Waals surface area contributed by atoms with Crippen LogP contribution in [0, 0.1) is 0 Å². The predicted octanol–water partition coefficient (Wildman–Crippen LogP) is 3.50. The molecule has 0 bridgehead atoms. The molecular weight excluding hydrogens is 390 g/mol. The molecule has 1 aliphatic carbocycles. The molecule has 146 valence electrons. The van der Waals surface area contributed by atoms with Gasteiger partial charge in [0.2, 0.25) is 10.9 Å². The van der Waals surface area contributed by atoms with Gasteiger partial charge >= 0.3 is 11.9 Å². The Morgan fingerprint density at radius 1 is 1.30 bits per heavy atom. The molecule has 2 aromatic heterocycles. The van der Waals surface area contributed by atoms with Gasteiger partial charge in [-0.1, -0.05) is 42.4 Å². The van der Waals surface area contributed by atoms with Gasteiger partial charge in [-0.05, 0) is 25.0 Å². The molecular formula is C17H21N3O5S2. The van der Waals surface area contributed by atoms with Crippen LogP contribution in [0.25, 0.3) is 0 Å². The second kappa shape index (κ2) is 9.75. The fraction of sp³-hybridized carbons (Fsp3) is 0.529. The molecule has 1 N–H and O–H groups in total. The molecule has 27 heavy (non-hydrogen) atoms. The van der Waals surface area contributed by atoms with Crippen LogP contribution < -0.4 is 5.32 Å². The molecule has 1 aliphatic rings. The smallest absolute Gasteiger partial charge is 0.373 e. The second-order valence-electron chi connectivity index (χ2n) is 6.06. The van der Waals surface area contributed by atoms with Crippen LogP contribution in [0.5, 0.6) is 0 Å². The Labute approximate surface area is 165 Å². The van der Waals surface area contributed by atoms with Crippen LogP contribution in [0.3, 0.4) is 0 Å². The van der Waals surface area contributed by atoms with Crippen LogP contribution in [0.1, 0.15) is 48.4 Å². The number of aromatic nitrogens is 2. The molecule has 1 saturated carbocycles. The van der Waals surface area contributed by atoms with E-state index in [0.717, 1.165) is 9.47 Å². The average molecular weight is 412 g/mol. The van der Waals surface area contributed by atoms with Gasteiger partial charge in [-0.25, -0.2) is 4.79 Å². The van der Waals surface area contributed by atoms with Crippen molar-refractivity contribution in [3.05, 3.63) is 23.7 Å². The molecule has 0 spiro atoms. The van der Waals surface area contributed by atoms with Gasteiger partial charge in [-0.15, -0.1) is 10.2 Å². The topological polar surface area (TPSA) is 104 Å². The van der Waals surface area contributed by atoms with Crippen LogP contribution in [-0.4, -0.2) is 41.0 Å². The minimum Gasteiger partial charge on any atom is -0.463 e. The van der Waals surface area contributed by atoms with Gasteiger partial charge in [-0.2, -0.15) is 0 Å². The molecule has 3 rings (SSSR count). The van der Waals surface area contributed by atoms with E-state index in [0.29, 0.717) is 11.8 Å². The molecule has 8 nitrogen and oxygen atoms in total. The lowest BCUT2D eigenvalue weighted by atomic mass is 9.96. The summed E-state index contributed by atoms with van der Waals surface area (Å²) in [6.07, 6.45) is 6.14. The Balaban J connectivity index is 1.39. The monoisotopic (exact) mass is 411 g/mol. The van der Waals surface area contributed by atoms with Crippen molar-refractivity contribution in [1.82, 2.24) is 10.2 Å². The number of anilines is 1. The molecule has 0 atom stereocenters. The van der Waals surface area contributed by atoms with E-state index < -0.39 is 11.9 Å². The van der Waals surface area contributed by atoms with Crippen LogP contribution in [0.4, 0.5) is 5.13 Å². The number of esters is 2. The summed E-state index contributed by atoms with van der Waals surface area (Å²) >= 11 is 2.73. The molecule has 2 heterocycles. The van der Waals surface area contributed by atoms with Crippen molar-refractivity contribution in [2.45, 2.75) is 49.1 Å². The van der Waals surface area contributed by atoms with Crippen LogP contribution in [-0.2, 0) is 20.9 Å². The number of nitrogens with zero attached hydrogens (tertiary/aromatic N) is 2. The summed E-state index contributed by atoms with van der Waals surface area (Å²) in [4.78, 5) is 23.2. The average Bonchev–Trinajstić information content (AvgIpc) is 3.34. The first-order valence-corrected chi connectivity index (χ1v) is 10.5. The molecule has 10 heteroatoms. The quantitative estimate of drug-likeness (QED) is 0.516. The fourth-order valence-corrected chi connectivity index (χ4v) is 4.35. The number of carbonyl (C=O) groups is 2.